The second-order valence-corrected chi connectivity index (χ2v) is 3.11. The monoisotopic (exact) mass is 166 g/mol. The van der Waals surface area contributed by atoms with Crippen LogP contribution in [0, 0.1) is 19.8 Å². The van der Waals surface area contributed by atoms with Gasteiger partial charge in [0.2, 0.25) is 0 Å². The van der Waals surface area contributed by atoms with Crippen molar-refractivity contribution in [2.45, 2.75) is 13.5 Å². The lowest BCUT2D eigenvalue weighted by atomic mass is 10.1. The van der Waals surface area contributed by atoms with Gasteiger partial charge in [0.25, 0.3) is 0 Å². The van der Waals surface area contributed by atoms with E-state index in [0.29, 0.717) is 12.1 Å². The number of rotatable bonds is 2. The van der Waals surface area contributed by atoms with Crippen molar-refractivity contribution in [3.8, 4) is 0 Å². The maximum Gasteiger partial charge on any atom is 0.127 e. The standard InChI is InChI=1S/C10H13FN/c1-8-4-5-10(11)9(6-8)7-12(2)3/h4-6H,2,7H2,1,3H3/q-1. The fraction of sp³-hybridized carbons (Fsp3) is 0.300. The van der Waals surface area contributed by atoms with Crippen molar-refractivity contribution in [2.75, 3.05) is 7.05 Å². The number of hydrogen-bond donors (Lipinski definition) is 0. The Morgan fingerprint density at radius 3 is 2.75 bits per heavy atom. The average molecular weight is 166 g/mol. The Labute approximate surface area is 72.8 Å². The summed E-state index contributed by atoms with van der Waals surface area (Å²) in [6, 6.07) is 5.10. The second kappa shape index (κ2) is 3.68. The van der Waals surface area contributed by atoms with Gasteiger partial charge in [-0.05, 0) is 32.1 Å². The highest BCUT2D eigenvalue weighted by Gasteiger charge is 2.00. The Kier molecular flexibility index (Phi) is 2.82. The van der Waals surface area contributed by atoms with E-state index in [1.807, 2.05) is 20.0 Å². The molecule has 0 bridgehead atoms. The van der Waals surface area contributed by atoms with Crippen LogP contribution in [0.1, 0.15) is 11.1 Å². The Balaban J connectivity index is 2.90. The lowest BCUT2D eigenvalue weighted by Gasteiger charge is -2.18. The third kappa shape index (κ3) is 2.31. The van der Waals surface area contributed by atoms with Gasteiger partial charge in [-0.25, -0.2) is 4.39 Å². The van der Waals surface area contributed by atoms with E-state index in [9.17, 15) is 4.39 Å². The summed E-state index contributed by atoms with van der Waals surface area (Å²) in [5.74, 6) is -0.156. The van der Waals surface area contributed by atoms with E-state index in [4.69, 9.17) is 0 Å². The molecule has 2 heteroatoms. The second-order valence-electron chi connectivity index (χ2n) is 3.11. The molecule has 1 rings (SSSR count). The Bertz CT molecular complexity index is 269. The van der Waals surface area contributed by atoms with Crippen LogP contribution in [0.25, 0.3) is 0 Å². The molecule has 0 aliphatic heterocycles. The number of hydrogen-bond acceptors (Lipinski definition) is 1. The van der Waals surface area contributed by atoms with Crippen LogP contribution < -0.4 is 0 Å². The Morgan fingerprint density at radius 2 is 2.17 bits per heavy atom. The molecule has 0 saturated carbocycles. The SMILES string of the molecule is [CH2-]N(C)Cc1cc(C)ccc1F. The van der Waals surface area contributed by atoms with E-state index in [1.165, 1.54) is 6.07 Å². The third-order valence-electron chi connectivity index (χ3n) is 1.64. The smallest absolute Gasteiger partial charge is 0.127 e. The van der Waals surface area contributed by atoms with Crippen molar-refractivity contribution >= 4 is 0 Å². The molecule has 1 aromatic carbocycles. The first-order valence-electron chi connectivity index (χ1n) is 3.86. The highest BCUT2D eigenvalue weighted by atomic mass is 19.1. The van der Waals surface area contributed by atoms with Crippen LogP contribution in [0.4, 0.5) is 4.39 Å². The predicted octanol–water partition coefficient (Wildman–Crippen LogP) is 2.36. The molecule has 0 N–H and O–H groups in total. The quantitative estimate of drug-likeness (QED) is 0.609. The van der Waals surface area contributed by atoms with Crippen LogP contribution in [0.2, 0.25) is 0 Å². The highest BCUT2D eigenvalue weighted by molar-refractivity contribution is 5.23. The minimum Gasteiger partial charge on any atom is -0.458 e. The van der Waals surface area contributed by atoms with Crippen molar-refractivity contribution in [1.29, 1.82) is 0 Å². The lowest BCUT2D eigenvalue weighted by Crippen LogP contribution is -2.09. The van der Waals surface area contributed by atoms with Crippen LogP contribution in [0.15, 0.2) is 18.2 Å². The fourth-order valence-electron chi connectivity index (χ4n) is 1.12. The summed E-state index contributed by atoms with van der Waals surface area (Å²) in [5.41, 5.74) is 1.78. The first-order valence-corrected chi connectivity index (χ1v) is 3.86. The molecule has 0 aliphatic carbocycles. The van der Waals surface area contributed by atoms with E-state index in [2.05, 4.69) is 7.05 Å². The zero-order valence-electron chi connectivity index (χ0n) is 7.47. The lowest BCUT2D eigenvalue weighted by molar-refractivity contribution is 0.431. The summed E-state index contributed by atoms with van der Waals surface area (Å²) in [6.45, 7) is 2.50. The van der Waals surface area contributed by atoms with Gasteiger partial charge in [0, 0.05) is 0 Å². The Hall–Kier alpha value is -0.890. The minimum atomic E-state index is -0.156. The molecule has 0 fully saturated rings. The molecule has 66 valence electrons. The molecule has 0 unspecified atom stereocenters. The summed E-state index contributed by atoms with van der Waals surface area (Å²) in [4.78, 5) is 1.71. The number of halogens is 1. The van der Waals surface area contributed by atoms with Crippen molar-refractivity contribution in [1.82, 2.24) is 4.90 Å². The van der Waals surface area contributed by atoms with Gasteiger partial charge in [-0.1, -0.05) is 17.7 Å². The van der Waals surface area contributed by atoms with Gasteiger partial charge in [0.15, 0.2) is 0 Å². The molecular weight excluding hydrogens is 153 g/mol. The summed E-state index contributed by atoms with van der Waals surface area (Å²) in [6.07, 6.45) is 0. The van der Waals surface area contributed by atoms with E-state index >= 15 is 0 Å². The van der Waals surface area contributed by atoms with Gasteiger partial charge in [-0.2, -0.15) is 0 Å². The van der Waals surface area contributed by atoms with Crippen LogP contribution in [-0.2, 0) is 6.54 Å². The van der Waals surface area contributed by atoms with Gasteiger partial charge >= 0.3 is 0 Å². The first kappa shape index (κ1) is 9.20. The molecular formula is C10H13FN-. The first-order chi connectivity index (χ1) is 5.59. The number of benzene rings is 1. The van der Waals surface area contributed by atoms with Gasteiger partial charge in [-0.15, -0.1) is 0 Å². The summed E-state index contributed by atoms with van der Waals surface area (Å²) >= 11 is 0. The molecule has 0 aliphatic rings. The normalized spacial score (nSPS) is 10.8. The topological polar surface area (TPSA) is 3.24 Å². The molecule has 0 atom stereocenters. The summed E-state index contributed by atoms with van der Waals surface area (Å²) < 4.78 is 13.1. The van der Waals surface area contributed by atoms with Gasteiger partial charge < -0.3 is 4.90 Å². The van der Waals surface area contributed by atoms with Crippen LogP contribution in [-0.4, -0.2) is 11.9 Å². The maximum atomic E-state index is 13.1. The molecule has 0 spiro atoms. The molecule has 0 saturated heterocycles. The highest BCUT2D eigenvalue weighted by Crippen LogP contribution is 2.11. The van der Waals surface area contributed by atoms with Gasteiger partial charge in [0.1, 0.15) is 5.82 Å². The number of nitrogens with zero attached hydrogens (tertiary/aromatic N) is 1. The molecule has 1 aromatic rings. The van der Waals surface area contributed by atoms with Crippen molar-refractivity contribution in [2.24, 2.45) is 0 Å². The van der Waals surface area contributed by atoms with Gasteiger partial charge in [-0.3, -0.25) is 7.05 Å². The van der Waals surface area contributed by atoms with E-state index in [0.717, 1.165) is 5.56 Å². The van der Waals surface area contributed by atoms with Gasteiger partial charge in [0.05, 0.1) is 0 Å². The van der Waals surface area contributed by atoms with Crippen LogP contribution in [0.5, 0.6) is 0 Å². The molecule has 0 amide bonds. The molecule has 12 heavy (non-hydrogen) atoms. The molecule has 0 radical (unpaired) electrons. The maximum absolute atomic E-state index is 13.1. The summed E-state index contributed by atoms with van der Waals surface area (Å²) in [5, 5.41) is 0. The molecule has 0 aromatic heterocycles. The largest absolute Gasteiger partial charge is 0.458 e. The van der Waals surface area contributed by atoms with Crippen molar-refractivity contribution in [3.63, 3.8) is 0 Å². The predicted molar refractivity (Wildman–Crippen MR) is 48.0 cm³/mol. The average Bonchev–Trinajstić information content (AvgIpc) is 1.96. The zero-order valence-corrected chi connectivity index (χ0v) is 7.47. The van der Waals surface area contributed by atoms with E-state index in [1.54, 1.807) is 11.0 Å². The fourth-order valence-corrected chi connectivity index (χ4v) is 1.12. The minimum absolute atomic E-state index is 0.156. The van der Waals surface area contributed by atoms with E-state index in [-0.39, 0.29) is 5.82 Å². The third-order valence-corrected chi connectivity index (χ3v) is 1.64. The zero-order chi connectivity index (χ0) is 9.14. The van der Waals surface area contributed by atoms with Crippen LogP contribution >= 0.6 is 0 Å². The van der Waals surface area contributed by atoms with Crippen LogP contribution in [0.3, 0.4) is 0 Å². The Morgan fingerprint density at radius 1 is 1.50 bits per heavy atom. The molecule has 0 heterocycles. The molecule has 1 nitrogen and oxygen atoms in total. The van der Waals surface area contributed by atoms with Crippen molar-refractivity contribution in [3.05, 3.63) is 42.2 Å². The number of aryl methyl sites for hydroxylation is 1. The summed E-state index contributed by atoms with van der Waals surface area (Å²) in [7, 11) is 5.49. The van der Waals surface area contributed by atoms with E-state index < -0.39 is 0 Å². The van der Waals surface area contributed by atoms with Crippen molar-refractivity contribution < 1.29 is 4.39 Å².